The van der Waals surface area contributed by atoms with Gasteiger partial charge in [0.05, 0.1) is 0 Å². The van der Waals surface area contributed by atoms with Crippen LogP contribution in [0.1, 0.15) is 52.9 Å². The molecule has 1 rings (SSSR count). The van der Waals surface area contributed by atoms with Crippen molar-refractivity contribution in [3.63, 3.8) is 0 Å². The van der Waals surface area contributed by atoms with Crippen molar-refractivity contribution in [3.05, 3.63) is 0 Å². The fourth-order valence-electron chi connectivity index (χ4n) is 2.91. The summed E-state index contributed by atoms with van der Waals surface area (Å²) in [6.07, 6.45) is 6.62. The number of piperidine rings is 1. The van der Waals surface area contributed by atoms with Crippen LogP contribution < -0.4 is 5.32 Å². The average Bonchev–Trinajstić information content (AvgIpc) is 2.42. The van der Waals surface area contributed by atoms with Crippen LogP contribution in [0.3, 0.4) is 0 Å². The Balaban J connectivity index is 2.12. The Labute approximate surface area is 113 Å². The molecule has 0 aromatic heterocycles. The van der Waals surface area contributed by atoms with E-state index in [1.165, 1.54) is 32.2 Å². The Morgan fingerprint density at radius 1 is 1.33 bits per heavy atom. The second kappa shape index (κ2) is 9.76. The van der Waals surface area contributed by atoms with E-state index >= 15 is 0 Å². The zero-order valence-corrected chi connectivity index (χ0v) is 12.6. The van der Waals surface area contributed by atoms with Crippen molar-refractivity contribution in [3.8, 4) is 0 Å². The Morgan fingerprint density at radius 2 is 2.17 bits per heavy atom. The number of ether oxygens (including phenoxy) is 1. The minimum atomic E-state index is 0.669. The van der Waals surface area contributed by atoms with Gasteiger partial charge >= 0.3 is 0 Å². The van der Waals surface area contributed by atoms with E-state index in [1.807, 2.05) is 0 Å². The normalized spacial score (nSPS) is 23.2. The molecule has 2 atom stereocenters. The number of nitrogens with one attached hydrogen (secondary N) is 1. The molecule has 3 heteroatoms. The summed E-state index contributed by atoms with van der Waals surface area (Å²) >= 11 is 0. The molecule has 108 valence electrons. The second-order valence-corrected chi connectivity index (χ2v) is 5.40. The third-order valence-electron chi connectivity index (χ3n) is 4.00. The number of likely N-dealkylation sites (tertiary alicyclic amines) is 1. The smallest absolute Gasteiger partial charge is 0.0477 e. The van der Waals surface area contributed by atoms with Crippen LogP contribution in [0.5, 0.6) is 0 Å². The minimum Gasteiger partial charge on any atom is -0.382 e. The maximum atomic E-state index is 5.34. The fraction of sp³-hybridized carbons (Fsp3) is 1.00. The number of nitrogens with zero attached hydrogens (tertiary/aromatic N) is 1. The lowest BCUT2D eigenvalue weighted by atomic mass is 9.98. The summed E-state index contributed by atoms with van der Waals surface area (Å²) in [7, 11) is 0. The quantitative estimate of drug-likeness (QED) is 0.642. The van der Waals surface area contributed by atoms with Crippen LogP contribution in [0.25, 0.3) is 0 Å². The third-order valence-corrected chi connectivity index (χ3v) is 4.00. The van der Waals surface area contributed by atoms with Gasteiger partial charge in [-0.2, -0.15) is 0 Å². The monoisotopic (exact) mass is 256 g/mol. The van der Waals surface area contributed by atoms with Crippen LogP contribution in [0, 0.1) is 0 Å². The first kappa shape index (κ1) is 15.9. The maximum Gasteiger partial charge on any atom is 0.0477 e. The van der Waals surface area contributed by atoms with Gasteiger partial charge in [0, 0.05) is 31.8 Å². The molecule has 1 fully saturated rings. The van der Waals surface area contributed by atoms with Gasteiger partial charge in [-0.05, 0) is 52.6 Å². The number of rotatable bonds is 9. The zero-order chi connectivity index (χ0) is 13.2. The summed E-state index contributed by atoms with van der Waals surface area (Å²) in [4.78, 5) is 2.71. The Hall–Kier alpha value is -0.120. The summed E-state index contributed by atoms with van der Waals surface area (Å²) in [6.45, 7) is 11.9. The Bertz CT molecular complexity index is 199. The van der Waals surface area contributed by atoms with E-state index in [1.54, 1.807) is 0 Å². The first-order valence-electron chi connectivity index (χ1n) is 7.83. The summed E-state index contributed by atoms with van der Waals surface area (Å²) in [5.41, 5.74) is 0. The lowest BCUT2D eigenvalue weighted by molar-refractivity contribution is 0.0982. The summed E-state index contributed by atoms with van der Waals surface area (Å²) < 4.78 is 5.34. The van der Waals surface area contributed by atoms with Crippen molar-refractivity contribution in [2.75, 3.05) is 32.8 Å². The molecule has 1 N–H and O–H groups in total. The molecule has 0 aromatic carbocycles. The van der Waals surface area contributed by atoms with Gasteiger partial charge in [0.1, 0.15) is 0 Å². The van der Waals surface area contributed by atoms with Crippen molar-refractivity contribution < 1.29 is 4.74 Å². The van der Waals surface area contributed by atoms with Gasteiger partial charge in [0.15, 0.2) is 0 Å². The van der Waals surface area contributed by atoms with Crippen LogP contribution in [0.2, 0.25) is 0 Å². The van der Waals surface area contributed by atoms with Gasteiger partial charge in [-0.15, -0.1) is 0 Å². The van der Waals surface area contributed by atoms with E-state index in [4.69, 9.17) is 4.74 Å². The van der Waals surface area contributed by atoms with E-state index < -0.39 is 0 Å². The molecule has 0 bridgehead atoms. The van der Waals surface area contributed by atoms with Gasteiger partial charge in [0.2, 0.25) is 0 Å². The molecule has 18 heavy (non-hydrogen) atoms. The first-order valence-corrected chi connectivity index (χ1v) is 7.83. The molecule has 0 saturated carbocycles. The zero-order valence-electron chi connectivity index (χ0n) is 12.6. The van der Waals surface area contributed by atoms with Gasteiger partial charge in [0.25, 0.3) is 0 Å². The predicted molar refractivity (Wildman–Crippen MR) is 78.1 cm³/mol. The third kappa shape index (κ3) is 5.68. The number of hydrogen-bond donors (Lipinski definition) is 1. The lowest BCUT2D eigenvalue weighted by Crippen LogP contribution is -2.48. The SMILES string of the molecule is CCOCCCNCC(C)N1CCCCC1CC. The van der Waals surface area contributed by atoms with Crippen LogP contribution in [-0.4, -0.2) is 49.8 Å². The Morgan fingerprint density at radius 3 is 2.89 bits per heavy atom. The highest BCUT2D eigenvalue weighted by molar-refractivity contribution is 4.81. The van der Waals surface area contributed by atoms with Gasteiger partial charge in [-0.3, -0.25) is 4.90 Å². The number of hydrogen-bond acceptors (Lipinski definition) is 3. The largest absolute Gasteiger partial charge is 0.382 e. The molecule has 0 aromatic rings. The van der Waals surface area contributed by atoms with Crippen LogP contribution in [0.15, 0.2) is 0 Å². The maximum absolute atomic E-state index is 5.34. The summed E-state index contributed by atoms with van der Waals surface area (Å²) in [6, 6.07) is 1.49. The molecule has 0 spiro atoms. The molecular formula is C15H32N2O. The molecule has 0 aliphatic carbocycles. The van der Waals surface area contributed by atoms with Crippen molar-refractivity contribution in [2.24, 2.45) is 0 Å². The summed E-state index contributed by atoms with van der Waals surface area (Å²) in [5, 5.41) is 3.56. The predicted octanol–water partition coefficient (Wildman–Crippen LogP) is 2.66. The molecule has 1 saturated heterocycles. The van der Waals surface area contributed by atoms with Gasteiger partial charge < -0.3 is 10.1 Å². The van der Waals surface area contributed by atoms with Crippen molar-refractivity contribution in [1.82, 2.24) is 10.2 Å². The van der Waals surface area contributed by atoms with Gasteiger partial charge in [-0.25, -0.2) is 0 Å². The topological polar surface area (TPSA) is 24.5 Å². The van der Waals surface area contributed by atoms with Crippen LogP contribution >= 0.6 is 0 Å². The molecule has 3 nitrogen and oxygen atoms in total. The van der Waals surface area contributed by atoms with Gasteiger partial charge in [-0.1, -0.05) is 13.3 Å². The highest BCUT2D eigenvalue weighted by Crippen LogP contribution is 2.21. The fourth-order valence-corrected chi connectivity index (χ4v) is 2.91. The molecular weight excluding hydrogens is 224 g/mol. The first-order chi connectivity index (χ1) is 8.79. The van der Waals surface area contributed by atoms with Crippen LogP contribution in [-0.2, 0) is 4.74 Å². The highest BCUT2D eigenvalue weighted by Gasteiger charge is 2.24. The summed E-state index contributed by atoms with van der Waals surface area (Å²) in [5.74, 6) is 0. The standard InChI is InChI=1S/C15H32N2O/c1-4-15-9-6-7-11-17(15)14(3)13-16-10-8-12-18-5-2/h14-16H,4-13H2,1-3H3. The van der Waals surface area contributed by atoms with Crippen molar-refractivity contribution in [1.29, 1.82) is 0 Å². The van der Waals surface area contributed by atoms with Crippen molar-refractivity contribution >= 4 is 0 Å². The van der Waals surface area contributed by atoms with E-state index in [0.29, 0.717) is 6.04 Å². The lowest BCUT2D eigenvalue weighted by Gasteiger charge is -2.39. The molecule has 1 aliphatic heterocycles. The van der Waals surface area contributed by atoms with E-state index in [2.05, 4.69) is 31.0 Å². The minimum absolute atomic E-state index is 0.669. The van der Waals surface area contributed by atoms with E-state index in [-0.39, 0.29) is 0 Å². The average molecular weight is 256 g/mol. The molecule has 1 aliphatic rings. The highest BCUT2D eigenvalue weighted by atomic mass is 16.5. The molecule has 1 heterocycles. The van der Waals surface area contributed by atoms with E-state index in [0.717, 1.165) is 38.8 Å². The van der Waals surface area contributed by atoms with E-state index in [9.17, 15) is 0 Å². The second-order valence-electron chi connectivity index (χ2n) is 5.40. The molecule has 0 radical (unpaired) electrons. The van der Waals surface area contributed by atoms with Crippen LogP contribution in [0.4, 0.5) is 0 Å². The molecule has 0 amide bonds. The van der Waals surface area contributed by atoms with Crippen molar-refractivity contribution in [2.45, 2.75) is 65.0 Å². The Kier molecular flexibility index (Phi) is 8.64. The molecule has 2 unspecified atom stereocenters.